The highest BCUT2D eigenvalue weighted by atomic mass is 32.2. The first-order chi connectivity index (χ1) is 9.83. The van der Waals surface area contributed by atoms with Crippen molar-refractivity contribution in [2.45, 2.75) is 23.1 Å². The van der Waals surface area contributed by atoms with Gasteiger partial charge in [0.2, 0.25) is 5.91 Å². The lowest BCUT2D eigenvalue weighted by Gasteiger charge is -2.05. The van der Waals surface area contributed by atoms with E-state index in [0.29, 0.717) is 0 Å². The summed E-state index contributed by atoms with van der Waals surface area (Å²) >= 11 is 0.738. The molecule has 0 atom stereocenters. The fourth-order valence-electron chi connectivity index (χ4n) is 1.54. The van der Waals surface area contributed by atoms with Crippen molar-refractivity contribution in [2.75, 3.05) is 18.9 Å². The van der Waals surface area contributed by atoms with Crippen molar-refractivity contribution in [3.8, 4) is 0 Å². The van der Waals surface area contributed by atoms with Crippen LogP contribution < -0.4 is 15.4 Å². The third-order valence-electron chi connectivity index (χ3n) is 2.74. The summed E-state index contributed by atoms with van der Waals surface area (Å²) < 4.78 is 25.9. The van der Waals surface area contributed by atoms with Gasteiger partial charge in [-0.15, -0.1) is 0 Å². The Morgan fingerprint density at radius 1 is 1.52 bits per heavy atom. The molecule has 0 bridgehead atoms. The summed E-state index contributed by atoms with van der Waals surface area (Å²) in [6.07, 6.45) is 1.81. The maximum atomic E-state index is 12.0. The quantitative estimate of drug-likeness (QED) is 0.484. The van der Waals surface area contributed by atoms with Crippen LogP contribution in [0.3, 0.4) is 0 Å². The third-order valence-corrected chi connectivity index (χ3v) is 5.76. The Morgan fingerprint density at radius 3 is 2.67 bits per heavy atom. The number of hydrogen-bond acceptors (Lipinski definition) is 7. The topological polar surface area (TPSA) is 130 Å². The molecule has 3 N–H and O–H groups in total. The van der Waals surface area contributed by atoms with Crippen LogP contribution in [0.5, 0.6) is 0 Å². The number of carbonyl (C=O) groups is 1. The van der Waals surface area contributed by atoms with Gasteiger partial charge in [0.05, 0.1) is 11.5 Å². The SMILES string of the molecule is CNc1sc(S(=O)(=O)NCC(=O)NC2CC2)cc1[N+](=O)[O-]. The van der Waals surface area contributed by atoms with E-state index in [4.69, 9.17) is 0 Å². The standard InChI is InChI=1S/C10H14N4O5S2/c1-11-10-7(14(16)17)4-9(20-10)21(18,19)12-5-8(15)13-6-2-3-6/h4,6,11-12H,2-3,5H2,1H3,(H,13,15). The molecule has 0 spiro atoms. The number of anilines is 1. The van der Waals surface area contributed by atoms with E-state index in [1.54, 1.807) is 0 Å². The largest absolute Gasteiger partial charge is 0.374 e. The lowest BCUT2D eigenvalue weighted by molar-refractivity contribution is -0.383. The first kappa shape index (κ1) is 15.7. The molecule has 0 aliphatic heterocycles. The van der Waals surface area contributed by atoms with Gasteiger partial charge in [-0.05, 0) is 12.8 Å². The number of nitro groups is 1. The second kappa shape index (κ2) is 5.95. The van der Waals surface area contributed by atoms with E-state index in [2.05, 4.69) is 15.4 Å². The van der Waals surface area contributed by atoms with E-state index < -0.39 is 20.9 Å². The van der Waals surface area contributed by atoms with Gasteiger partial charge >= 0.3 is 5.69 Å². The van der Waals surface area contributed by atoms with E-state index in [0.717, 1.165) is 30.2 Å². The predicted octanol–water partition coefficient (Wildman–Crippen LogP) is 0.255. The maximum Gasteiger partial charge on any atom is 0.304 e. The molecule has 11 heteroatoms. The van der Waals surface area contributed by atoms with Crippen LogP contribution in [0.25, 0.3) is 0 Å². The third kappa shape index (κ3) is 3.89. The van der Waals surface area contributed by atoms with Gasteiger partial charge in [0.1, 0.15) is 4.21 Å². The smallest absolute Gasteiger partial charge is 0.304 e. The second-order valence-electron chi connectivity index (χ2n) is 4.45. The summed E-state index contributed by atoms with van der Waals surface area (Å²) in [6.45, 7) is -0.389. The van der Waals surface area contributed by atoms with Gasteiger partial charge in [0, 0.05) is 19.2 Å². The van der Waals surface area contributed by atoms with Crippen LogP contribution >= 0.6 is 11.3 Å². The molecule has 1 fully saturated rings. The number of nitrogens with one attached hydrogen (secondary N) is 3. The average molecular weight is 334 g/mol. The minimum absolute atomic E-state index is 0.140. The molecule has 1 heterocycles. The van der Waals surface area contributed by atoms with Crippen molar-refractivity contribution < 1.29 is 18.1 Å². The molecular formula is C10H14N4O5S2. The number of nitrogens with zero attached hydrogens (tertiary/aromatic N) is 1. The monoisotopic (exact) mass is 334 g/mol. The molecule has 9 nitrogen and oxygen atoms in total. The molecule has 1 saturated carbocycles. The highest BCUT2D eigenvalue weighted by molar-refractivity contribution is 7.91. The molecule has 21 heavy (non-hydrogen) atoms. The zero-order valence-electron chi connectivity index (χ0n) is 11.1. The lowest BCUT2D eigenvalue weighted by atomic mass is 10.5. The van der Waals surface area contributed by atoms with E-state index in [1.165, 1.54) is 7.05 Å². The number of amides is 1. The van der Waals surface area contributed by atoms with Crippen LogP contribution in [0.1, 0.15) is 12.8 Å². The van der Waals surface area contributed by atoms with E-state index in [9.17, 15) is 23.3 Å². The van der Waals surface area contributed by atoms with Crippen molar-refractivity contribution in [2.24, 2.45) is 0 Å². The van der Waals surface area contributed by atoms with E-state index >= 15 is 0 Å². The Morgan fingerprint density at radius 2 is 2.19 bits per heavy atom. The van der Waals surface area contributed by atoms with Gasteiger partial charge in [0.15, 0.2) is 5.00 Å². The molecule has 2 rings (SSSR count). The zero-order chi connectivity index (χ0) is 15.6. The van der Waals surface area contributed by atoms with Crippen molar-refractivity contribution in [1.82, 2.24) is 10.0 Å². The molecule has 1 aliphatic rings. The van der Waals surface area contributed by atoms with Crippen LogP contribution in [-0.4, -0.2) is 38.9 Å². The molecule has 116 valence electrons. The number of hydrogen-bond donors (Lipinski definition) is 3. The Labute approximate surface area is 124 Å². The van der Waals surface area contributed by atoms with Crippen molar-refractivity contribution in [3.05, 3.63) is 16.2 Å². The zero-order valence-corrected chi connectivity index (χ0v) is 12.7. The summed E-state index contributed by atoms with van der Waals surface area (Å²) in [4.78, 5) is 21.6. The minimum atomic E-state index is -3.95. The Balaban J connectivity index is 2.07. The molecule has 1 aromatic rings. The molecular weight excluding hydrogens is 320 g/mol. The summed E-state index contributed by atoms with van der Waals surface area (Å²) in [5.74, 6) is -0.416. The Bertz CT molecular complexity index is 665. The second-order valence-corrected chi connectivity index (χ2v) is 7.50. The Hall–Kier alpha value is -1.72. The van der Waals surface area contributed by atoms with Gasteiger partial charge < -0.3 is 10.6 Å². The first-order valence-electron chi connectivity index (χ1n) is 6.08. The molecule has 1 aromatic heterocycles. The van der Waals surface area contributed by atoms with Gasteiger partial charge in [-0.1, -0.05) is 11.3 Å². The average Bonchev–Trinajstić information content (AvgIpc) is 3.10. The Kier molecular flexibility index (Phi) is 4.44. The molecule has 0 aromatic carbocycles. The molecule has 0 saturated heterocycles. The van der Waals surface area contributed by atoms with Crippen molar-refractivity contribution in [1.29, 1.82) is 0 Å². The fraction of sp³-hybridized carbons (Fsp3) is 0.500. The normalized spacial score (nSPS) is 14.7. The van der Waals surface area contributed by atoms with Crippen LogP contribution in [0, 0.1) is 10.1 Å². The lowest BCUT2D eigenvalue weighted by Crippen LogP contribution is -2.37. The van der Waals surface area contributed by atoms with Gasteiger partial charge in [0.25, 0.3) is 10.0 Å². The fourth-order valence-corrected chi connectivity index (χ4v) is 3.85. The van der Waals surface area contributed by atoms with E-state index in [1.807, 2.05) is 0 Å². The molecule has 0 radical (unpaired) electrons. The summed E-state index contributed by atoms with van der Waals surface area (Å²) in [5.41, 5.74) is -0.315. The van der Waals surface area contributed by atoms with Crippen LogP contribution in [-0.2, 0) is 14.8 Å². The summed E-state index contributed by atoms with van der Waals surface area (Å²) in [5, 5.41) is 16.2. The minimum Gasteiger partial charge on any atom is -0.374 e. The molecule has 1 aliphatic carbocycles. The van der Waals surface area contributed by atoms with Crippen molar-refractivity contribution >= 4 is 38.0 Å². The van der Waals surface area contributed by atoms with Gasteiger partial charge in [-0.2, -0.15) is 0 Å². The van der Waals surface area contributed by atoms with Crippen LogP contribution in [0.4, 0.5) is 10.7 Å². The first-order valence-corrected chi connectivity index (χ1v) is 8.38. The van der Waals surface area contributed by atoms with Crippen molar-refractivity contribution in [3.63, 3.8) is 0 Å². The van der Waals surface area contributed by atoms with E-state index in [-0.39, 0.29) is 27.5 Å². The van der Waals surface area contributed by atoms with Crippen LogP contribution in [0.2, 0.25) is 0 Å². The highest BCUT2D eigenvalue weighted by Crippen LogP contribution is 2.36. The highest BCUT2D eigenvalue weighted by Gasteiger charge is 2.27. The summed E-state index contributed by atoms with van der Waals surface area (Å²) in [6, 6.07) is 1.11. The maximum absolute atomic E-state index is 12.0. The number of sulfonamides is 1. The predicted molar refractivity (Wildman–Crippen MR) is 76.9 cm³/mol. The number of thiophene rings is 1. The van der Waals surface area contributed by atoms with Crippen LogP contribution in [0.15, 0.2) is 10.3 Å². The number of rotatable bonds is 7. The van der Waals surface area contributed by atoms with Gasteiger partial charge in [-0.3, -0.25) is 14.9 Å². The summed E-state index contributed by atoms with van der Waals surface area (Å²) in [7, 11) is -2.49. The van der Waals surface area contributed by atoms with Gasteiger partial charge in [-0.25, -0.2) is 13.1 Å². The number of carbonyl (C=O) groups excluding carboxylic acids is 1. The molecule has 1 amide bonds. The molecule has 0 unspecified atom stereocenters.